The number of rotatable bonds is 10. The highest BCUT2D eigenvalue weighted by atomic mass is 35.5. The molecule has 0 saturated carbocycles. The Kier molecular flexibility index (Phi) is 8.36. The zero-order valence-electron chi connectivity index (χ0n) is 21.2. The molecule has 40 heavy (non-hydrogen) atoms. The zero-order chi connectivity index (χ0) is 28.3. The van der Waals surface area contributed by atoms with Crippen LogP contribution in [-0.4, -0.2) is 47.1 Å². The second kappa shape index (κ2) is 11.9. The van der Waals surface area contributed by atoms with Crippen LogP contribution in [0.4, 0.5) is 5.69 Å². The lowest BCUT2D eigenvalue weighted by Gasteiger charge is -2.24. The molecule has 3 heterocycles. The van der Waals surface area contributed by atoms with E-state index in [-0.39, 0.29) is 27.2 Å². The number of sulfonamides is 1. The summed E-state index contributed by atoms with van der Waals surface area (Å²) in [5.74, 6) is 0.462. The molecule has 13 heteroatoms. The molecule has 9 nitrogen and oxygen atoms in total. The van der Waals surface area contributed by atoms with Gasteiger partial charge >= 0.3 is 5.97 Å². The van der Waals surface area contributed by atoms with Gasteiger partial charge in [0, 0.05) is 39.4 Å². The molecule has 2 aromatic carbocycles. The maximum absolute atomic E-state index is 13.8. The van der Waals surface area contributed by atoms with Crippen molar-refractivity contribution in [3.8, 4) is 16.6 Å². The summed E-state index contributed by atoms with van der Waals surface area (Å²) < 4.78 is 35.7. The van der Waals surface area contributed by atoms with Crippen LogP contribution in [0, 0.1) is 0 Å². The first-order valence-corrected chi connectivity index (χ1v) is 15.3. The fourth-order valence-electron chi connectivity index (χ4n) is 4.02. The van der Waals surface area contributed by atoms with Gasteiger partial charge in [0.25, 0.3) is 10.0 Å². The van der Waals surface area contributed by atoms with Crippen molar-refractivity contribution in [2.24, 2.45) is 0 Å². The second-order valence-corrected chi connectivity index (χ2v) is 12.3. The fraction of sp³-hybridized carbons (Fsp3) is 0.185. The highest BCUT2D eigenvalue weighted by Crippen LogP contribution is 2.31. The Morgan fingerprint density at radius 2 is 1.85 bits per heavy atom. The van der Waals surface area contributed by atoms with E-state index in [1.54, 1.807) is 36.7 Å². The van der Waals surface area contributed by atoms with Gasteiger partial charge in [-0.15, -0.1) is 11.3 Å². The van der Waals surface area contributed by atoms with E-state index >= 15 is 0 Å². The quantitative estimate of drug-likeness (QED) is 0.132. The number of halogens is 2. The smallest absolute Gasteiger partial charge is 0.326 e. The normalized spacial score (nSPS) is 11.6. The second-order valence-electron chi connectivity index (χ2n) is 8.70. The Bertz CT molecular complexity index is 1750. The van der Waals surface area contributed by atoms with Gasteiger partial charge in [-0.25, -0.2) is 23.4 Å². The van der Waals surface area contributed by atoms with E-state index in [0.29, 0.717) is 23.1 Å². The lowest BCUT2D eigenvalue weighted by atomic mass is 10.2. The molecule has 0 aliphatic rings. The van der Waals surface area contributed by atoms with Crippen LogP contribution in [0.25, 0.3) is 27.6 Å². The molecule has 0 N–H and O–H groups in total. The van der Waals surface area contributed by atoms with Crippen LogP contribution in [-0.2, 0) is 19.6 Å². The van der Waals surface area contributed by atoms with Crippen LogP contribution in [0.2, 0.25) is 10.0 Å². The van der Waals surface area contributed by atoms with Crippen LogP contribution in [0.3, 0.4) is 0 Å². The minimum atomic E-state index is -4.24. The van der Waals surface area contributed by atoms with Crippen LogP contribution in [0.15, 0.2) is 77.4 Å². The van der Waals surface area contributed by atoms with E-state index in [2.05, 4.69) is 15.0 Å². The number of carbonyl (C=O) groups is 1. The predicted molar refractivity (Wildman–Crippen MR) is 157 cm³/mol. The Labute approximate surface area is 245 Å². The average Bonchev–Trinajstić information content (AvgIpc) is 3.62. The summed E-state index contributed by atoms with van der Waals surface area (Å²) in [7, 11) is -4.24. The first kappa shape index (κ1) is 28.0. The first-order chi connectivity index (χ1) is 19.3. The number of hydrogen-bond donors (Lipinski definition) is 0. The van der Waals surface area contributed by atoms with E-state index in [1.807, 2.05) is 29.1 Å². The van der Waals surface area contributed by atoms with Crippen molar-refractivity contribution in [3.63, 3.8) is 0 Å². The molecule has 0 bridgehead atoms. The molecule has 0 radical (unpaired) electrons. The summed E-state index contributed by atoms with van der Waals surface area (Å²) in [5, 5.41) is 3.61. The third kappa shape index (κ3) is 5.97. The fourth-order valence-corrected chi connectivity index (χ4v) is 6.72. The summed E-state index contributed by atoms with van der Waals surface area (Å²) in [6.07, 6.45) is 6.70. The number of benzene rings is 2. The van der Waals surface area contributed by atoms with Gasteiger partial charge in [0.15, 0.2) is 10.8 Å². The van der Waals surface area contributed by atoms with Gasteiger partial charge in [-0.1, -0.05) is 36.5 Å². The molecule has 0 spiro atoms. The highest BCUT2D eigenvalue weighted by Gasteiger charge is 2.29. The Hall–Kier alpha value is -3.51. The topological polar surface area (TPSA) is 107 Å². The molecule has 0 amide bonds. The zero-order valence-corrected chi connectivity index (χ0v) is 24.3. The molecule has 5 rings (SSSR count). The minimum absolute atomic E-state index is 0.139. The van der Waals surface area contributed by atoms with Gasteiger partial charge in [-0.3, -0.25) is 9.10 Å². The number of anilines is 1. The summed E-state index contributed by atoms with van der Waals surface area (Å²) >= 11 is 13.7. The van der Waals surface area contributed by atoms with Gasteiger partial charge in [0.1, 0.15) is 12.4 Å². The average molecular weight is 617 g/mol. The summed E-state index contributed by atoms with van der Waals surface area (Å²) in [5.41, 5.74) is 1.06. The number of thiazole rings is 1. The van der Waals surface area contributed by atoms with Crippen molar-refractivity contribution in [1.29, 1.82) is 0 Å². The molecule has 0 saturated heterocycles. The number of nitrogens with zero attached hydrogens (tertiary/aromatic N) is 5. The minimum Gasteiger partial charge on any atom is -0.464 e. The largest absolute Gasteiger partial charge is 0.464 e. The van der Waals surface area contributed by atoms with E-state index in [1.165, 1.54) is 29.5 Å². The summed E-state index contributed by atoms with van der Waals surface area (Å²) in [6, 6.07) is 12.7. The van der Waals surface area contributed by atoms with Gasteiger partial charge in [-0.05, 0) is 55.0 Å². The third-order valence-corrected chi connectivity index (χ3v) is 8.89. The number of esters is 1. The Morgan fingerprint density at radius 3 is 2.58 bits per heavy atom. The van der Waals surface area contributed by atoms with Gasteiger partial charge in [-0.2, -0.15) is 0 Å². The van der Waals surface area contributed by atoms with Crippen molar-refractivity contribution in [3.05, 3.63) is 82.5 Å². The lowest BCUT2D eigenvalue weighted by molar-refractivity contribution is -0.141. The number of fused-ring (bicyclic) bond motifs is 1. The van der Waals surface area contributed by atoms with E-state index in [4.69, 9.17) is 27.9 Å². The van der Waals surface area contributed by atoms with Crippen LogP contribution >= 0.6 is 34.5 Å². The number of aromatic nitrogens is 4. The number of ether oxygens (including phenoxy) is 1. The molecule has 5 aromatic rings. The molecule has 0 atom stereocenters. The molecule has 0 unspecified atom stereocenters. The number of unbranched alkanes of at least 4 members (excludes halogenated alkanes) is 1. The van der Waals surface area contributed by atoms with Gasteiger partial charge in [0.2, 0.25) is 0 Å². The Morgan fingerprint density at radius 1 is 1.05 bits per heavy atom. The van der Waals surface area contributed by atoms with Crippen LogP contribution < -0.4 is 4.31 Å². The van der Waals surface area contributed by atoms with Crippen LogP contribution in [0.1, 0.15) is 19.8 Å². The molecule has 206 valence electrons. The summed E-state index contributed by atoms with van der Waals surface area (Å²) in [4.78, 5) is 25.8. The molecule has 3 aromatic heterocycles. The van der Waals surface area contributed by atoms with Crippen LogP contribution in [0.5, 0.6) is 0 Å². The standard InChI is InChI=1S/C27H23Cl2N5O4S2/c1-2-3-11-38-25(35)17-34(40(36,37)22-15-19(28)14-20(29)16-22)21-4-5-23-18(13-21)7-10-33(23)24-6-8-30-26(32-24)27-31-9-12-39-27/h4-10,12-16H,2-3,11,17H2,1H3. The molecular formula is C27H23Cl2N5O4S2. The van der Waals surface area contributed by atoms with E-state index < -0.39 is 22.5 Å². The lowest BCUT2D eigenvalue weighted by Crippen LogP contribution is -2.36. The number of hydrogen-bond acceptors (Lipinski definition) is 8. The summed E-state index contributed by atoms with van der Waals surface area (Å²) in [6.45, 7) is 1.65. The van der Waals surface area contributed by atoms with Crippen molar-refractivity contribution in [2.45, 2.75) is 24.7 Å². The van der Waals surface area contributed by atoms with Crippen molar-refractivity contribution in [1.82, 2.24) is 19.5 Å². The van der Waals surface area contributed by atoms with Gasteiger partial charge in [0.05, 0.1) is 22.7 Å². The van der Waals surface area contributed by atoms with Crippen molar-refractivity contribution >= 4 is 67.1 Å². The maximum Gasteiger partial charge on any atom is 0.326 e. The first-order valence-electron chi connectivity index (χ1n) is 12.2. The molecule has 0 aliphatic heterocycles. The van der Waals surface area contributed by atoms with Crippen molar-refractivity contribution < 1.29 is 17.9 Å². The van der Waals surface area contributed by atoms with Gasteiger partial charge < -0.3 is 9.30 Å². The molecule has 0 fully saturated rings. The van der Waals surface area contributed by atoms with E-state index in [9.17, 15) is 13.2 Å². The Balaban J connectivity index is 1.53. The molecular weight excluding hydrogens is 593 g/mol. The predicted octanol–water partition coefficient (Wildman–Crippen LogP) is 6.39. The monoisotopic (exact) mass is 615 g/mol. The molecule has 0 aliphatic carbocycles. The van der Waals surface area contributed by atoms with Crippen molar-refractivity contribution in [2.75, 3.05) is 17.5 Å². The SMILES string of the molecule is CCCCOC(=O)CN(c1ccc2c(ccn2-c2ccnc(-c3nccs3)n2)c1)S(=O)(=O)c1cc(Cl)cc(Cl)c1. The third-order valence-electron chi connectivity index (χ3n) is 5.93. The highest BCUT2D eigenvalue weighted by molar-refractivity contribution is 7.92. The maximum atomic E-state index is 13.8. The number of carbonyl (C=O) groups excluding carboxylic acids is 1. The van der Waals surface area contributed by atoms with E-state index in [0.717, 1.165) is 21.6 Å².